The van der Waals surface area contributed by atoms with Gasteiger partial charge in [0.1, 0.15) is 5.75 Å². The van der Waals surface area contributed by atoms with Crippen LogP contribution in [0.3, 0.4) is 0 Å². The molecule has 0 unspecified atom stereocenters. The van der Waals surface area contributed by atoms with Gasteiger partial charge in [-0.2, -0.15) is 0 Å². The summed E-state index contributed by atoms with van der Waals surface area (Å²) in [4.78, 5) is 14.1. The van der Waals surface area contributed by atoms with E-state index in [1.165, 1.54) is 24.4 Å². The third-order valence-corrected chi connectivity index (χ3v) is 2.19. The molecule has 18 heavy (non-hydrogen) atoms. The zero-order chi connectivity index (χ0) is 13.4. The molecule has 0 heterocycles. The summed E-state index contributed by atoms with van der Waals surface area (Å²) in [6, 6.07) is 3.81. The summed E-state index contributed by atoms with van der Waals surface area (Å²) in [5.41, 5.74) is 5.56. The lowest BCUT2D eigenvalue weighted by atomic mass is 10.2. The van der Waals surface area contributed by atoms with Gasteiger partial charge in [0.15, 0.2) is 0 Å². The number of benzene rings is 1. The molecule has 0 aliphatic rings. The van der Waals surface area contributed by atoms with Crippen LogP contribution in [-0.2, 0) is 0 Å². The van der Waals surface area contributed by atoms with Crippen LogP contribution in [0.15, 0.2) is 23.2 Å². The van der Waals surface area contributed by atoms with Crippen molar-refractivity contribution in [2.75, 3.05) is 26.2 Å². The number of aromatic hydroxyl groups is 1. The molecule has 7 nitrogen and oxygen atoms in total. The highest BCUT2D eigenvalue weighted by Gasteiger charge is 2.08. The molecule has 0 spiro atoms. The molecular formula is C11H16N4O3. The Labute approximate surface area is 104 Å². The van der Waals surface area contributed by atoms with E-state index in [-0.39, 0.29) is 11.4 Å². The van der Waals surface area contributed by atoms with Crippen LogP contribution >= 0.6 is 0 Å². The van der Waals surface area contributed by atoms with Crippen molar-refractivity contribution in [3.63, 3.8) is 0 Å². The monoisotopic (exact) mass is 252 g/mol. The third-order valence-electron chi connectivity index (χ3n) is 2.19. The van der Waals surface area contributed by atoms with Gasteiger partial charge in [-0.15, -0.1) is 0 Å². The molecular weight excluding hydrogens is 236 g/mol. The fourth-order valence-corrected chi connectivity index (χ4v) is 1.29. The maximum atomic E-state index is 10.6. The van der Waals surface area contributed by atoms with E-state index in [1.54, 1.807) is 0 Å². The van der Waals surface area contributed by atoms with Gasteiger partial charge in [-0.05, 0) is 6.07 Å². The highest BCUT2D eigenvalue weighted by Crippen LogP contribution is 2.21. The zero-order valence-electron chi connectivity index (χ0n) is 9.87. The number of rotatable bonds is 7. The summed E-state index contributed by atoms with van der Waals surface area (Å²) in [6.07, 6.45) is 1.42. The maximum absolute atomic E-state index is 10.6. The minimum absolute atomic E-state index is 0.0285. The Morgan fingerprint density at radius 1 is 1.50 bits per heavy atom. The molecule has 1 aromatic carbocycles. The Kier molecular flexibility index (Phi) is 5.75. The molecule has 0 saturated heterocycles. The number of hydrogen-bond donors (Lipinski definition) is 3. The number of hydrogen-bond acceptors (Lipinski definition) is 6. The number of nitro benzene ring substituents is 1. The number of non-ortho nitro benzene ring substituents is 1. The second kappa shape index (κ2) is 7.36. The number of aliphatic imine (C=N–C) groups is 1. The van der Waals surface area contributed by atoms with Crippen LogP contribution in [0.25, 0.3) is 0 Å². The highest BCUT2D eigenvalue weighted by molar-refractivity contribution is 5.84. The second-order valence-electron chi connectivity index (χ2n) is 3.57. The van der Waals surface area contributed by atoms with E-state index in [0.717, 1.165) is 6.54 Å². The van der Waals surface area contributed by atoms with Gasteiger partial charge in [0.25, 0.3) is 5.69 Å². The van der Waals surface area contributed by atoms with E-state index in [0.29, 0.717) is 25.2 Å². The molecule has 0 aliphatic heterocycles. The molecule has 0 saturated carbocycles. The molecule has 0 amide bonds. The molecule has 98 valence electrons. The van der Waals surface area contributed by atoms with Crippen molar-refractivity contribution in [1.29, 1.82) is 0 Å². The van der Waals surface area contributed by atoms with Crippen molar-refractivity contribution >= 4 is 11.9 Å². The highest BCUT2D eigenvalue weighted by atomic mass is 16.6. The summed E-state index contributed by atoms with van der Waals surface area (Å²) in [6.45, 7) is 2.47. The fraction of sp³-hybridized carbons (Fsp3) is 0.364. The Balaban J connectivity index is 2.57. The summed E-state index contributed by atoms with van der Waals surface area (Å²) in [5.74, 6) is -0.0285. The van der Waals surface area contributed by atoms with Crippen LogP contribution in [0, 0.1) is 10.1 Å². The first-order valence-electron chi connectivity index (χ1n) is 5.53. The van der Waals surface area contributed by atoms with Crippen molar-refractivity contribution in [2.24, 2.45) is 10.7 Å². The van der Waals surface area contributed by atoms with Crippen LogP contribution < -0.4 is 11.1 Å². The predicted molar refractivity (Wildman–Crippen MR) is 69.1 cm³/mol. The average molecular weight is 252 g/mol. The quantitative estimate of drug-likeness (QED) is 0.279. The van der Waals surface area contributed by atoms with E-state index in [2.05, 4.69) is 10.3 Å². The van der Waals surface area contributed by atoms with Gasteiger partial charge in [-0.1, -0.05) is 0 Å². The molecule has 1 aromatic rings. The van der Waals surface area contributed by atoms with E-state index in [1.807, 2.05) is 0 Å². The zero-order valence-corrected chi connectivity index (χ0v) is 9.87. The van der Waals surface area contributed by atoms with E-state index in [4.69, 9.17) is 5.73 Å². The predicted octanol–water partition coefficient (Wildman–Crippen LogP) is 0.268. The number of phenolic OH excluding ortho intramolecular Hbond substituents is 1. The molecule has 0 radical (unpaired) electrons. The Morgan fingerprint density at radius 2 is 2.28 bits per heavy atom. The minimum atomic E-state index is -0.514. The van der Waals surface area contributed by atoms with E-state index in [9.17, 15) is 15.2 Å². The van der Waals surface area contributed by atoms with Crippen LogP contribution in [0.1, 0.15) is 5.56 Å². The molecule has 0 aromatic heterocycles. The lowest BCUT2D eigenvalue weighted by Crippen LogP contribution is -2.24. The van der Waals surface area contributed by atoms with Crippen molar-refractivity contribution in [1.82, 2.24) is 5.32 Å². The lowest BCUT2D eigenvalue weighted by molar-refractivity contribution is -0.384. The number of nitrogens with one attached hydrogen (secondary N) is 1. The number of phenols is 1. The number of nitrogens with two attached hydrogens (primary N) is 1. The molecule has 0 fully saturated rings. The first-order chi connectivity index (χ1) is 8.65. The van der Waals surface area contributed by atoms with Crippen molar-refractivity contribution in [3.05, 3.63) is 33.9 Å². The van der Waals surface area contributed by atoms with Gasteiger partial charge in [-0.25, -0.2) is 0 Å². The smallest absolute Gasteiger partial charge is 0.270 e. The van der Waals surface area contributed by atoms with Crippen molar-refractivity contribution in [3.8, 4) is 5.75 Å². The van der Waals surface area contributed by atoms with Crippen LogP contribution in [0.4, 0.5) is 5.69 Å². The Bertz CT molecular complexity index is 434. The van der Waals surface area contributed by atoms with Crippen LogP contribution in [-0.4, -0.2) is 42.4 Å². The first kappa shape index (κ1) is 14.1. The Hall–Kier alpha value is -1.99. The van der Waals surface area contributed by atoms with Gasteiger partial charge in [0.05, 0.1) is 11.5 Å². The average Bonchev–Trinajstić information content (AvgIpc) is 2.35. The van der Waals surface area contributed by atoms with Gasteiger partial charge >= 0.3 is 0 Å². The molecule has 7 heteroatoms. The normalized spacial score (nSPS) is 10.9. The van der Waals surface area contributed by atoms with Crippen LogP contribution in [0.2, 0.25) is 0 Å². The van der Waals surface area contributed by atoms with Gasteiger partial charge < -0.3 is 16.2 Å². The van der Waals surface area contributed by atoms with Crippen molar-refractivity contribution < 1.29 is 10.0 Å². The van der Waals surface area contributed by atoms with Crippen molar-refractivity contribution in [2.45, 2.75) is 0 Å². The Morgan fingerprint density at radius 3 is 2.94 bits per heavy atom. The number of nitrogens with zero attached hydrogens (tertiary/aromatic N) is 2. The molecule has 0 aliphatic carbocycles. The summed E-state index contributed by atoms with van der Waals surface area (Å²) < 4.78 is 0. The summed E-state index contributed by atoms with van der Waals surface area (Å²) in [7, 11) is 0. The molecule has 0 bridgehead atoms. The summed E-state index contributed by atoms with van der Waals surface area (Å²) in [5, 5.41) is 23.1. The fourth-order valence-electron chi connectivity index (χ4n) is 1.29. The van der Waals surface area contributed by atoms with E-state index >= 15 is 0 Å². The molecule has 1 rings (SSSR count). The SMILES string of the molecule is NCCNCCN=Cc1cc([N+](=O)[O-])ccc1O. The van der Waals surface area contributed by atoms with Gasteiger partial charge in [0.2, 0.25) is 0 Å². The standard InChI is InChI=1S/C11H16N4O3/c12-3-4-13-5-6-14-8-9-7-10(15(17)18)1-2-11(9)16/h1-2,7-8,13,16H,3-6,12H2. The first-order valence-corrected chi connectivity index (χ1v) is 5.53. The molecule has 0 atom stereocenters. The van der Waals surface area contributed by atoms with E-state index < -0.39 is 4.92 Å². The topological polar surface area (TPSA) is 114 Å². The van der Waals surface area contributed by atoms with Crippen LogP contribution in [0.5, 0.6) is 5.75 Å². The van der Waals surface area contributed by atoms with Gasteiger partial charge in [0, 0.05) is 43.5 Å². The maximum Gasteiger partial charge on any atom is 0.270 e. The summed E-state index contributed by atoms with van der Waals surface area (Å²) >= 11 is 0. The largest absolute Gasteiger partial charge is 0.507 e. The third kappa shape index (κ3) is 4.48. The minimum Gasteiger partial charge on any atom is -0.507 e. The van der Waals surface area contributed by atoms with Gasteiger partial charge in [-0.3, -0.25) is 15.1 Å². The molecule has 4 N–H and O–H groups in total. The second-order valence-corrected chi connectivity index (χ2v) is 3.57. The lowest BCUT2D eigenvalue weighted by Gasteiger charge is -2.00. The number of nitro groups is 1.